The van der Waals surface area contributed by atoms with Gasteiger partial charge >= 0.3 is 0 Å². The summed E-state index contributed by atoms with van der Waals surface area (Å²) in [5, 5.41) is 1.92. The molecule has 0 amide bonds. The maximum atomic E-state index is 13.0. The van der Waals surface area contributed by atoms with Crippen LogP contribution in [0.1, 0.15) is 25.7 Å². The Balaban J connectivity index is 1.69. The van der Waals surface area contributed by atoms with Gasteiger partial charge in [0.05, 0.1) is 29.7 Å². The molecular weight excluding hydrogens is 360 g/mol. The summed E-state index contributed by atoms with van der Waals surface area (Å²) in [7, 11) is 0. The minimum absolute atomic E-state index is 0.0213. The summed E-state index contributed by atoms with van der Waals surface area (Å²) in [5.41, 5.74) is 0.628. The summed E-state index contributed by atoms with van der Waals surface area (Å²) >= 11 is 7.68. The van der Waals surface area contributed by atoms with Crippen LogP contribution in [0.3, 0.4) is 0 Å². The van der Waals surface area contributed by atoms with E-state index in [1.54, 1.807) is 34.5 Å². The van der Waals surface area contributed by atoms with Crippen molar-refractivity contribution < 1.29 is 9.47 Å². The van der Waals surface area contributed by atoms with Crippen LogP contribution in [0, 0.1) is 0 Å². The zero-order valence-corrected chi connectivity index (χ0v) is 15.5. The Morgan fingerprint density at radius 1 is 1.20 bits per heavy atom. The van der Waals surface area contributed by atoms with E-state index in [9.17, 15) is 4.79 Å². The van der Waals surface area contributed by atoms with E-state index in [0.717, 1.165) is 49.8 Å². The highest BCUT2D eigenvalue weighted by Gasteiger charge is 2.22. The molecule has 2 atom stereocenters. The number of hydrogen-bond donors (Lipinski definition) is 0. The van der Waals surface area contributed by atoms with Crippen LogP contribution in [0.4, 0.5) is 0 Å². The standard InChI is InChI=1S/C18H21ClN2O3S/c19-12-5-6-15-16(9-12)20-18(25-11-14-4-2-8-24-14)21(17(15)22)10-13-3-1-7-23-13/h5-6,9,13-14H,1-4,7-8,10-11H2/t13-,14+/m1/s1. The highest BCUT2D eigenvalue weighted by Crippen LogP contribution is 2.25. The molecule has 2 aliphatic heterocycles. The number of halogens is 1. The first-order valence-corrected chi connectivity index (χ1v) is 10.1. The Morgan fingerprint density at radius 2 is 1.96 bits per heavy atom. The molecule has 2 saturated heterocycles. The second-order valence-electron chi connectivity index (χ2n) is 6.55. The average Bonchev–Trinajstić information content (AvgIpc) is 3.29. The van der Waals surface area contributed by atoms with Crippen molar-refractivity contribution in [1.29, 1.82) is 0 Å². The Kier molecular flexibility index (Phi) is 5.31. The maximum absolute atomic E-state index is 13.0. The van der Waals surface area contributed by atoms with Crippen molar-refractivity contribution in [2.24, 2.45) is 0 Å². The highest BCUT2D eigenvalue weighted by atomic mass is 35.5. The van der Waals surface area contributed by atoms with E-state index >= 15 is 0 Å². The first-order chi connectivity index (χ1) is 12.2. The van der Waals surface area contributed by atoms with E-state index in [0.29, 0.717) is 22.5 Å². The van der Waals surface area contributed by atoms with E-state index < -0.39 is 0 Å². The normalized spacial score (nSPS) is 23.6. The molecule has 0 unspecified atom stereocenters. The quantitative estimate of drug-likeness (QED) is 0.587. The van der Waals surface area contributed by atoms with Crippen LogP contribution in [0.15, 0.2) is 28.2 Å². The molecule has 2 aromatic rings. The number of ether oxygens (including phenoxy) is 2. The van der Waals surface area contributed by atoms with Crippen LogP contribution in [-0.4, -0.2) is 40.7 Å². The van der Waals surface area contributed by atoms with E-state index in [1.807, 2.05) is 0 Å². The molecule has 4 rings (SSSR count). The molecule has 134 valence electrons. The first kappa shape index (κ1) is 17.3. The van der Waals surface area contributed by atoms with E-state index in [2.05, 4.69) is 0 Å². The van der Waals surface area contributed by atoms with Crippen molar-refractivity contribution in [2.45, 2.75) is 49.6 Å². The third-order valence-corrected chi connectivity index (χ3v) is 6.06. The van der Waals surface area contributed by atoms with Gasteiger partial charge in [0.2, 0.25) is 0 Å². The Labute approximate surface area is 155 Å². The van der Waals surface area contributed by atoms with Crippen LogP contribution >= 0.6 is 23.4 Å². The Bertz CT molecular complexity index is 814. The largest absolute Gasteiger partial charge is 0.377 e. The number of rotatable bonds is 5. The topological polar surface area (TPSA) is 53.3 Å². The summed E-state index contributed by atoms with van der Waals surface area (Å²) in [6, 6.07) is 5.25. The van der Waals surface area contributed by atoms with Gasteiger partial charge in [-0.2, -0.15) is 0 Å². The molecule has 0 aliphatic carbocycles. The summed E-state index contributed by atoms with van der Waals surface area (Å²) < 4.78 is 13.2. The van der Waals surface area contributed by atoms with Gasteiger partial charge in [0, 0.05) is 24.0 Å². The molecule has 2 aliphatic rings. The summed E-state index contributed by atoms with van der Waals surface area (Å²) in [6.45, 7) is 2.15. The van der Waals surface area contributed by atoms with Gasteiger partial charge in [0.15, 0.2) is 5.16 Å². The lowest BCUT2D eigenvalue weighted by Gasteiger charge is -2.17. The van der Waals surface area contributed by atoms with Crippen LogP contribution in [0.25, 0.3) is 10.9 Å². The molecule has 5 nitrogen and oxygen atoms in total. The van der Waals surface area contributed by atoms with Gasteiger partial charge in [0.1, 0.15) is 0 Å². The summed E-state index contributed by atoms with van der Waals surface area (Å²) in [4.78, 5) is 17.8. The predicted octanol–water partition coefficient (Wildman–Crippen LogP) is 3.50. The van der Waals surface area contributed by atoms with Crippen LogP contribution in [-0.2, 0) is 16.0 Å². The zero-order valence-electron chi connectivity index (χ0n) is 13.9. The fraction of sp³-hybridized carbons (Fsp3) is 0.556. The fourth-order valence-corrected chi connectivity index (χ4v) is 4.62. The third-order valence-electron chi connectivity index (χ3n) is 4.71. The van der Waals surface area contributed by atoms with Crippen LogP contribution in [0.2, 0.25) is 5.02 Å². The van der Waals surface area contributed by atoms with Crippen molar-refractivity contribution >= 4 is 34.3 Å². The molecule has 7 heteroatoms. The second-order valence-corrected chi connectivity index (χ2v) is 7.98. The lowest BCUT2D eigenvalue weighted by atomic mass is 10.2. The van der Waals surface area contributed by atoms with Gasteiger partial charge in [0.25, 0.3) is 5.56 Å². The molecule has 0 bridgehead atoms. The monoisotopic (exact) mass is 380 g/mol. The predicted molar refractivity (Wildman–Crippen MR) is 99.7 cm³/mol. The first-order valence-electron chi connectivity index (χ1n) is 8.77. The lowest BCUT2D eigenvalue weighted by Crippen LogP contribution is -2.29. The fourth-order valence-electron chi connectivity index (χ4n) is 3.38. The molecule has 1 aromatic heterocycles. The van der Waals surface area contributed by atoms with Crippen molar-refractivity contribution in [2.75, 3.05) is 19.0 Å². The molecule has 25 heavy (non-hydrogen) atoms. The number of nitrogens with zero attached hydrogens (tertiary/aromatic N) is 2. The average molecular weight is 381 g/mol. The zero-order chi connectivity index (χ0) is 17.2. The van der Waals surface area contributed by atoms with Gasteiger partial charge in [-0.15, -0.1) is 0 Å². The SMILES string of the molecule is O=c1c2ccc(Cl)cc2nc(SC[C@@H]2CCCO2)n1C[C@H]1CCCO1. The van der Waals surface area contributed by atoms with Gasteiger partial charge < -0.3 is 9.47 Å². The number of aromatic nitrogens is 2. The van der Waals surface area contributed by atoms with E-state index in [-0.39, 0.29) is 17.8 Å². The Hall–Kier alpha value is -1.08. The third kappa shape index (κ3) is 3.87. The molecule has 2 fully saturated rings. The van der Waals surface area contributed by atoms with Crippen molar-refractivity contribution in [1.82, 2.24) is 9.55 Å². The van der Waals surface area contributed by atoms with Crippen LogP contribution < -0.4 is 5.56 Å². The number of hydrogen-bond acceptors (Lipinski definition) is 5. The lowest BCUT2D eigenvalue weighted by molar-refractivity contribution is 0.0937. The number of thioether (sulfide) groups is 1. The maximum Gasteiger partial charge on any atom is 0.262 e. The van der Waals surface area contributed by atoms with Gasteiger partial charge in [-0.05, 0) is 43.9 Å². The Morgan fingerprint density at radius 3 is 2.68 bits per heavy atom. The molecule has 1 aromatic carbocycles. The molecular formula is C18H21ClN2O3S. The van der Waals surface area contributed by atoms with E-state index in [1.165, 1.54) is 0 Å². The second kappa shape index (κ2) is 7.66. The van der Waals surface area contributed by atoms with Gasteiger partial charge in [-0.25, -0.2) is 4.98 Å². The highest BCUT2D eigenvalue weighted by molar-refractivity contribution is 7.99. The van der Waals surface area contributed by atoms with Crippen molar-refractivity contribution in [3.05, 3.63) is 33.6 Å². The minimum atomic E-state index is -0.0213. The number of benzene rings is 1. The molecule has 0 saturated carbocycles. The number of fused-ring (bicyclic) bond motifs is 1. The summed E-state index contributed by atoms with van der Waals surface area (Å²) in [5.74, 6) is 0.810. The molecule has 0 spiro atoms. The molecule has 0 N–H and O–H groups in total. The van der Waals surface area contributed by atoms with E-state index in [4.69, 9.17) is 26.1 Å². The smallest absolute Gasteiger partial charge is 0.262 e. The van der Waals surface area contributed by atoms with Crippen molar-refractivity contribution in [3.8, 4) is 0 Å². The molecule has 3 heterocycles. The molecule has 0 radical (unpaired) electrons. The van der Waals surface area contributed by atoms with Gasteiger partial charge in [-0.1, -0.05) is 23.4 Å². The van der Waals surface area contributed by atoms with Crippen molar-refractivity contribution in [3.63, 3.8) is 0 Å². The summed E-state index contributed by atoms with van der Waals surface area (Å²) in [6.07, 6.45) is 4.55. The van der Waals surface area contributed by atoms with Gasteiger partial charge in [-0.3, -0.25) is 9.36 Å². The van der Waals surface area contributed by atoms with Crippen LogP contribution in [0.5, 0.6) is 0 Å². The minimum Gasteiger partial charge on any atom is -0.377 e.